The zero-order valence-corrected chi connectivity index (χ0v) is 15.2. The Morgan fingerprint density at radius 3 is 2.64 bits per heavy atom. The van der Waals surface area contributed by atoms with Gasteiger partial charge in [0, 0.05) is 5.56 Å². The van der Waals surface area contributed by atoms with E-state index in [-0.39, 0.29) is 27.8 Å². The molecule has 3 rings (SSSR count). The zero-order chi connectivity index (χ0) is 20.1. The standard InChI is InChI=1S/C20H20N2O6/c1-2-3-11-27-15-9-7-13(8-10-15)18-16(20(24)28-21-18)12-14-5-4-6-17(19(14)23)22(25)26/h4-10,12,23,25-26H,2-3,11H2,1H3/p-1. The normalized spacial score (nSPS) is 14.8. The van der Waals surface area contributed by atoms with Crippen LogP contribution in [0.4, 0.5) is 5.69 Å². The smallest absolute Gasteiger partial charge is 0.368 e. The van der Waals surface area contributed by atoms with E-state index >= 15 is 0 Å². The minimum absolute atomic E-state index is 0.0895. The number of hydrogen-bond acceptors (Lipinski definition) is 8. The number of hydrogen-bond donors (Lipinski definition) is 2. The molecule has 0 fully saturated rings. The maximum atomic E-state index is 12.3. The number of carbonyl (C=O) groups excluding carboxylic acids is 1. The molecule has 146 valence electrons. The van der Waals surface area contributed by atoms with Gasteiger partial charge in [0.2, 0.25) is 0 Å². The van der Waals surface area contributed by atoms with E-state index in [9.17, 15) is 9.90 Å². The Kier molecular flexibility index (Phi) is 5.93. The molecule has 8 nitrogen and oxygen atoms in total. The number of ether oxygens (including phenoxy) is 1. The van der Waals surface area contributed by atoms with Crippen LogP contribution in [0.3, 0.4) is 0 Å². The highest BCUT2D eigenvalue weighted by Gasteiger charge is 2.27. The number of para-hydroxylation sites is 1. The molecule has 0 atom stereocenters. The molecular formula is C20H19N2O6-. The summed E-state index contributed by atoms with van der Waals surface area (Å²) < 4.78 is 5.61. The highest BCUT2D eigenvalue weighted by atomic mass is 16.8. The Balaban J connectivity index is 1.88. The minimum atomic E-state index is -0.701. The second kappa shape index (κ2) is 8.55. The summed E-state index contributed by atoms with van der Waals surface area (Å²) in [7, 11) is 0. The van der Waals surface area contributed by atoms with Crippen molar-refractivity contribution in [1.29, 1.82) is 0 Å². The van der Waals surface area contributed by atoms with Crippen molar-refractivity contribution in [2.24, 2.45) is 5.16 Å². The van der Waals surface area contributed by atoms with Gasteiger partial charge in [-0.1, -0.05) is 36.4 Å². The average molecular weight is 383 g/mol. The van der Waals surface area contributed by atoms with Crippen LogP contribution in [-0.2, 0) is 9.63 Å². The lowest BCUT2D eigenvalue weighted by Gasteiger charge is -2.19. The van der Waals surface area contributed by atoms with Gasteiger partial charge in [-0.05, 0) is 48.4 Å². The van der Waals surface area contributed by atoms with Crippen LogP contribution >= 0.6 is 0 Å². The molecule has 0 radical (unpaired) electrons. The van der Waals surface area contributed by atoms with Gasteiger partial charge in [-0.15, -0.1) is 5.23 Å². The lowest BCUT2D eigenvalue weighted by atomic mass is 10.00. The molecule has 0 aromatic heterocycles. The van der Waals surface area contributed by atoms with E-state index < -0.39 is 11.7 Å². The molecule has 1 heterocycles. The van der Waals surface area contributed by atoms with Crippen LogP contribution in [0, 0.1) is 0 Å². The predicted octanol–water partition coefficient (Wildman–Crippen LogP) is 2.87. The highest BCUT2D eigenvalue weighted by Crippen LogP contribution is 2.30. The maximum absolute atomic E-state index is 12.3. The largest absolute Gasteiger partial charge is 0.871 e. The summed E-state index contributed by atoms with van der Waals surface area (Å²) in [5.41, 5.74) is 0.741. The molecule has 0 amide bonds. The Bertz CT molecular complexity index is 919. The summed E-state index contributed by atoms with van der Waals surface area (Å²) in [6, 6.07) is 11.2. The number of anilines is 1. The maximum Gasteiger partial charge on any atom is 0.368 e. The summed E-state index contributed by atoms with van der Waals surface area (Å²) in [6.07, 6.45) is 3.31. The third-order valence-electron chi connectivity index (χ3n) is 4.13. The summed E-state index contributed by atoms with van der Waals surface area (Å²) in [4.78, 5) is 16.9. The first kappa shape index (κ1) is 19.4. The van der Waals surface area contributed by atoms with Gasteiger partial charge < -0.3 is 14.7 Å². The van der Waals surface area contributed by atoms with Crippen molar-refractivity contribution < 1.29 is 29.9 Å². The van der Waals surface area contributed by atoms with Gasteiger partial charge >= 0.3 is 5.97 Å². The molecule has 2 aromatic rings. The first-order valence-corrected chi connectivity index (χ1v) is 8.73. The van der Waals surface area contributed by atoms with Crippen LogP contribution in [0.2, 0.25) is 0 Å². The van der Waals surface area contributed by atoms with Crippen LogP contribution in [0.15, 0.2) is 53.2 Å². The highest BCUT2D eigenvalue weighted by molar-refractivity contribution is 6.31. The molecule has 8 heteroatoms. The Morgan fingerprint density at radius 2 is 1.96 bits per heavy atom. The fourth-order valence-corrected chi connectivity index (χ4v) is 2.63. The van der Waals surface area contributed by atoms with Crippen molar-refractivity contribution in [3.8, 4) is 11.5 Å². The molecule has 0 aliphatic carbocycles. The van der Waals surface area contributed by atoms with Crippen molar-refractivity contribution in [1.82, 2.24) is 0 Å². The summed E-state index contributed by atoms with van der Waals surface area (Å²) in [5, 5.41) is 34.1. The molecule has 28 heavy (non-hydrogen) atoms. The number of nitrogens with zero attached hydrogens (tertiary/aromatic N) is 2. The predicted molar refractivity (Wildman–Crippen MR) is 99.4 cm³/mol. The van der Waals surface area contributed by atoms with E-state index in [1.807, 2.05) is 0 Å². The van der Waals surface area contributed by atoms with Crippen molar-refractivity contribution in [2.45, 2.75) is 19.8 Å². The van der Waals surface area contributed by atoms with E-state index in [0.29, 0.717) is 17.9 Å². The average Bonchev–Trinajstić information content (AvgIpc) is 3.04. The monoisotopic (exact) mass is 383 g/mol. The molecule has 2 N–H and O–H groups in total. The summed E-state index contributed by atoms with van der Waals surface area (Å²) >= 11 is 0. The van der Waals surface area contributed by atoms with Gasteiger partial charge in [0.25, 0.3) is 0 Å². The number of oxime groups is 1. The Hall–Kier alpha value is -3.36. The second-order valence-corrected chi connectivity index (χ2v) is 6.09. The first-order valence-electron chi connectivity index (χ1n) is 8.73. The van der Waals surface area contributed by atoms with Crippen molar-refractivity contribution in [3.05, 3.63) is 59.2 Å². The van der Waals surface area contributed by atoms with Gasteiger partial charge in [0.15, 0.2) is 0 Å². The van der Waals surface area contributed by atoms with Gasteiger partial charge in [0.1, 0.15) is 11.5 Å². The van der Waals surface area contributed by atoms with Crippen molar-refractivity contribution >= 4 is 23.4 Å². The van der Waals surface area contributed by atoms with Crippen LogP contribution < -0.4 is 15.1 Å². The minimum Gasteiger partial charge on any atom is -0.871 e. The quantitative estimate of drug-likeness (QED) is 0.327. The number of rotatable bonds is 7. The van der Waals surface area contributed by atoms with Gasteiger partial charge in [-0.25, -0.2) is 4.79 Å². The molecule has 1 aliphatic heterocycles. The molecule has 0 saturated carbocycles. The Labute approximate surface area is 161 Å². The lowest BCUT2D eigenvalue weighted by Crippen LogP contribution is -2.14. The van der Waals surface area contributed by atoms with Crippen LogP contribution in [0.1, 0.15) is 30.9 Å². The number of carbonyl (C=O) groups is 1. The fourth-order valence-electron chi connectivity index (χ4n) is 2.63. The summed E-state index contributed by atoms with van der Waals surface area (Å²) in [5.74, 6) is -0.652. The molecule has 0 saturated heterocycles. The molecule has 0 spiro atoms. The van der Waals surface area contributed by atoms with Crippen LogP contribution in [-0.4, -0.2) is 28.7 Å². The van der Waals surface area contributed by atoms with E-state index in [4.69, 9.17) is 20.0 Å². The van der Waals surface area contributed by atoms with E-state index in [1.54, 1.807) is 24.3 Å². The van der Waals surface area contributed by atoms with E-state index in [0.717, 1.165) is 12.8 Å². The molecular weight excluding hydrogens is 364 g/mol. The van der Waals surface area contributed by atoms with Crippen molar-refractivity contribution in [3.63, 3.8) is 0 Å². The molecule has 1 aliphatic rings. The topological polar surface area (TPSA) is 115 Å². The fraction of sp³-hybridized carbons (Fsp3) is 0.200. The Morgan fingerprint density at radius 1 is 1.21 bits per heavy atom. The SMILES string of the molecule is CCCCOc1ccc(C2=NOC(=O)C2=Cc2cccc(N(O)O)c2[O-])cc1. The molecule has 2 aromatic carbocycles. The van der Waals surface area contributed by atoms with Crippen LogP contribution in [0.5, 0.6) is 11.5 Å². The van der Waals surface area contributed by atoms with Crippen molar-refractivity contribution in [2.75, 3.05) is 11.8 Å². The molecule has 0 bridgehead atoms. The second-order valence-electron chi connectivity index (χ2n) is 6.09. The van der Waals surface area contributed by atoms with Gasteiger partial charge in [-0.3, -0.25) is 10.4 Å². The first-order chi connectivity index (χ1) is 13.5. The number of benzene rings is 2. The number of unbranched alkanes of at least 4 members (excludes halogenated alkanes) is 1. The van der Waals surface area contributed by atoms with Gasteiger partial charge in [0.05, 0.1) is 17.9 Å². The van der Waals surface area contributed by atoms with E-state index in [2.05, 4.69) is 12.1 Å². The third kappa shape index (κ3) is 4.13. The molecule has 0 unspecified atom stereocenters. The van der Waals surface area contributed by atoms with E-state index in [1.165, 1.54) is 24.3 Å². The van der Waals surface area contributed by atoms with Gasteiger partial charge in [-0.2, -0.15) is 0 Å². The zero-order valence-electron chi connectivity index (χ0n) is 15.2. The summed E-state index contributed by atoms with van der Waals surface area (Å²) in [6.45, 7) is 2.70. The van der Waals surface area contributed by atoms with Crippen LogP contribution in [0.25, 0.3) is 6.08 Å². The lowest BCUT2D eigenvalue weighted by molar-refractivity contribution is -0.268. The third-order valence-corrected chi connectivity index (χ3v) is 4.13.